The molecule has 1 saturated heterocycles. The molecule has 2 aliphatic heterocycles. The second kappa shape index (κ2) is 7.54. The second-order valence-corrected chi connectivity index (χ2v) is 9.52. The lowest BCUT2D eigenvalue weighted by molar-refractivity contribution is 0.0782. The van der Waals surface area contributed by atoms with Crippen LogP contribution in [0.15, 0.2) is 36.5 Å². The number of pyridine rings is 1. The van der Waals surface area contributed by atoms with Crippen molar-refractivity contribution >= 4 is 34.9 Å². The number of hydrogen-bond acceptors (Lipinski definition) is 5. The lowest BCUT2D eigenvalue weighted by Crippen LogP contribution is -2.51. The molecule has 5 heterocycles. The molecule has 1 aromatic carbocycles. The summed E-state index contributed by atoms with van der Waals surface area (Å²) in [5.41, 5.74) is 5.32. The van der Waals surface area contributed by atoms with Gasteiger partial charge in [0.15, 0.2) is 5.65 Å². The molecule has 0 radical (unpaired) electrons. The van der Waals surface area contributed by atoms with Gasteiger partial charge >= 0.3 is 6.09 Å². The highest BCUT2D eigenvalue weighted by Gasteiger charge is 2.46. The van der Waals surface area contributed by atoms with Crippen molar-refractivity contribution < 1.29 is 14.7 Å². The summed E-state index contributed by atoms with van der Waals surface area (Å²) < 4.78 is 3.60. The first-order valence-electron chi connectivity index (χ1n) is 11.2. The molecule has 1 unspecified atom stereocenters. The van der Waals surface area contributed by atoms with E-state index in [-0.39, 0.29) is 11.9 Å². The molecule has 6 rings (SSSR count). The summed E-state index contributed by atoms with van der Waals surface area (Å²) in [6.45, 7) is 6.30. The molecular weight excluding hydrogens is 470 g/mol. The largest absolute Gasteiger partial charge is 0.465 e. The monoisotopic (exact) mass is 491 g/mol. The fourth-order valence-corrected chi connectivity index (χ4v) is 5.23. The van der Waals surface area contributed by atoms with Crippen LogP contribution in [-0.4, -0.2) is 59.5 Å². The molecule has 2 amide bonds. The fourth-order valence-electron chi connectivity index (χ4n) is 5.10. The third kappa shape index (κ3) is 3.13. The molecule has 0 saturated carbocycles. The topological polar surface area (TPSA) is 109 Å². The number of hydrogen-bond donors (Lipinski definition) is 1. The van der Waals surface area contributed by atoms with E-state index >= 15 is 0 Å². The van der Waals surface area contributed by atoms with Crippen molar-refractivity contribution in [1.82, 2.24) is 29.3 Å². The highest BCUT2D eigenvalue weighted by molar-refractivity contribution is 6.30. The number of halogens is 1. The van der Waals surface area contributed by atoms with Crippen LogP contribution in [0.4, 0.5) is 10.5 Å². The maximum Gasteiger partial charge on any atom is 0.407 e. The van der Waals surface area contributed by atoms with Crippen LogP contribution < -0.4 is 4.90 Å². The van der Waals surface area contributed by atoms with Gasteiger partial charge in [0.25, 0.3) is 5.91 Å². The highest BCUT2D eigenvalue weighted by Crippen LogP contribution is 2.45. The Labute approximate surface area is 205 Å². The number of benzene rings is 1. The molecule has 0 bridgehead atoms. The maximum absolute atomic E-state index is 14.1. The molecule has 1 fully saturated rings. The van der Waals surface area contributed by atoms with Gasteiger partial charge in [-0.1, -0.05) is 23.7 Å². The average molecular weight is 492 g/mol. The molecule has 3 aromatic heterocycles. The van der Waals surface area contributed by atoms with Crippen molar-refractivity contribution in [2.75, 3.05) is 18.0 Å². The van der Waals surface area contributed by atoms with Crippen LogP contribution in [0, 0.1) is 20.8 Å². The number of nitrogens with zero attached hydrogens (tertiary/aromatic N) is 7. The van der Waals surface area contributed by atoms with E-state index < -0.39 is 12.1 Å². The van der Waals surface area contributed by atoms with Gasteiger partial charge in [-0.2, -0.15) is 5.10 Å². The molecule has 0 aliphatic carbocycles. The van der Waals surface area contributed by atoms with E-state index in [1.807, 2.05) is 61.7 Å². The molecule has 2 aliphatic rings. The summed E-state index contributed by atoms with van der Waals surface area (Å²) >= 11 is 6.17. The van der Waals surface area contributed by atoms with Gasteiger partial charge < -0.3 is 10.0 Å². The van der Waals surface area contributed by atoms with Crippen molar-refractivity contribution in [3.05, 3.63) is 75.5 Å². The molecule has 0 spiro atoms. The first-order valence-corrected chi connectivity index (χ1v) is 11.6. The number of amides is 2. The van der Waals surface area contributed by atoms with Gasteiger partial charge in [-0.3, -0.25) is 18.8 Å². The number of rotatable bonds is 3. The van der Waals surface area contributed by atoms with Crippen LogP contribution in [-0.2, 0) is 0 Å². The van der Waals surface area contributed by atoms with E-state index in [1.54, 1.807) is 9.58 Å². The first kappa shape index (κ1) is 21.6. The molecule has 35 heavy (non-hydrogen) atoms. The minimum absolute atomic E-state index is 0.182. The van der Waals surface area contributed by atoms with Crippen molar-refractivity contribution in [3.8, 4) is 0 Å². The Morgan fingerprint density at radius 2 is 1.83 bits per heavy atom. The third-order valence-electron chi connectivity index (χ3n) is 6.87. The summed E-state index contributed by atoms with van der Waals surface area (Å²) in [6.07, 6.45) is 0.911. The number of aryl methyl sites for hydroxylation is 3. The minimum Gasteiger partial charge on any atom is -0.465 e. The van der Waals surface area contributed by atoms with Crippen LogP contribution >= 0.6 is 11.6 Å². The first-order chi connectivity index (χ1) is 16.7. The molecule has 178 valence electrons. The summed E-state index contributed by atoms with van der Waals surface area (Å²) in [5.74, 6) is 0.543. The zero-order valence-electron chi connectivity index (χ0n) is 19.3. The predicted octanol–water partition coefficient (Wildman–Crippen LogP) is 3.79. The van der Waals surface area contributed by atoms with Gasteiger partial charge in [-0.25, -0.2) is 4.79 Å². The normalized spacial score (nSPS) is 17.8. The van der Waals surface area contributed by atoms with Gasteiger partial charge in [-0.05, 0) is 50.1 Å². The molecular formula is C24H22ClN7O3. The van der Waals surface area contributed by atoms with E-state index in [2.05, 4.69) is 10.2 Å². The Hall–Kier alpha value is -3.92. The number of aromatic nitrogens is 5. The SMILES string of the molecule is Cc1nn(C2CN(C(=O)O)C2)c2c1C(c1ccc(Cl)cc1)N(c1cc(C)c3nnc(C)n3c1)C2=O. The number of likely N-dealkylation sites (tertiary alicyclic amines) is 1. The van der Waals surface area contributed by atoms with Crippen LogP contribution in [0.1, 0.15) is 50.8 Å². The Morgan fingerprint density at radius 3 is 2.51 bits per heavy atom. The zero-order valence-corrected chi connectivity index (χ0v) is 20.1. The summed E-state index contributed by atoms with van der Waals surface area (Å²) in [6, 6.07) is 8.81. The van der Waals surface area contributed by atoms with Crippen LogP contribution in [0.5, 0.6) is 0 Å². The van der Waals surface area contributed by atoms with Crippen LogP contribution in [0.3, 0.4) is 0 Å². The minimum atomic E-state index is -0.971. The van der Waals surface area contributed by atoms with Gasteiger partial charge in [-0.15, -0.1) is 10.2 Å². The highest BCUT2D eigenvalue weighted by atomic mass is 35.5. The smallest absolute Gasteiger partial charge is 0.407 e. The number of carbonyl (C=O) groups excluding carboxylic acids is 1. The Bertz CT molecular complexity index is 1520. The molecule has 1 atom stereocenters. The van der Waals surface area contributed by atoms with Gasteiger partial charge in [0.2, 0.25) is 0 Å². The van der Waals surface area contributed by atoms with Crippen molar-refractivity contribution in [3.63, 3.8) is 0 Å². The van der Waals surface area contributed by atoms with E-state index in [1.165, 1.54) is 4.90 Å². The van der Waals surface area contributed by atoms with Gasteiger partial charge in [0, 0.05) is 29.9 Å². The number of carboxylic acid groups (broad SMARTS) is 1. The average Bonchev–Trinajstić information content (AvgIpc) is 3.41. The lowest BCUT2D eigenvalue weighted by Gasteiger charge is -2.37. The summed E-state index contributed by atoms with van der Waals surface area (Å²) in [4.78, 5) is 28.5. The van der Waals surface area contributed by atoms with Crippen molar-refractivity contribution in [2.24, 2.45) is 0 Å². The number of anilines is 1. The van der Waals surface area contributed by atoms with Crippen LogP contribution in [0.2, 0.25) is 5.02 Å². The molecule has 11 heteroatoms. The van der Waals surface area contributed by atoms with Gasteiger partial charge in [0.1, 0.15) is 11.5 Å². The molecule has 10 nitrogen and oxygen atoms in total. The predicted molar refractivity (Wildman–Crippen MR) is 128 cm³/mol. The van der Waals surface area contributed by atoms with Crippen molar-refractivity contribution in [2.45, 2.75) is 32.9 Å². The number of carbonyl (C=O) groups is 2. The summed E-state index contributed by atoms with van der Waals surface area (Å²) in [5, 5.41) is 23.0. The Balaban J connectivity index is 1.52. The zero-order chi connectivity index (χ0) is 24.6. The van der Waals surface area contributed by atoms with E-state index in [0.717, 1.165) is 33.9 Å². The fraction of sp³-hybridized carbons (Fsp3) is 0.292. The number of fused-ring (bicyclic) bond motifs is 2. The Morgan fingerprint density at radius 1 is 1.11 bits per heavy atom. The molecule has 1 N–H and O–H groups in total. The van der Waals surface area contributed by atoms with E-state index in [9.17, 15) is 14.7 Å². The van der Waals surface area contributed by atoms with Crippen LogP contribution in [0.25, 0.3) is 5.65 Å². The lowest BCUT2D eigenvalue weighted by atomic mass is 9.98. The Kier molecular flexibility index (Phi) is 4.65. The quantitative estimate of drug-likeness (QED) is 0.467. The standard InChI is InChI=1S/C24H22ClN7O3/c1-12-8-17(11-30-14(3)26-27-22(12)30)31-20(15-4-6-16(25)7-5-15)19-13(2)28-32(21(19)23(31)33)18-9-29(10-18)24(34)35/h4-8,11,18,20H,9-10H2,1-3H3,(H,34,35). The maximum atomic E-state index is 14.1. The second-order valence-electron chi connectivity index (χ2n) is 9.09. The van der Waals surface area contributed by atoms with Crippen molar-refractivity contribution in [1.29, 1.82) is 0 Å². The third-order valence-corrected chi connectivity index (χ3v) is 7.12. The van der Waals surface area contributed by atoms with E-state index in [0.29, 0.717) is 29.5 Å². The van der Waals surface area contributed by atoms with Gasteiger partial charge in [0.05, 0.1) is 23.5 Å². The van der Waals surface area contributed by atoms with E-state index in [4.69, 9.17) is 16.7 Å². The molecule has 4 aromatic rings. The summed E-state index contributed by atoms with van der Waals surface area (Å²) in [7, 11) is 0.